The summed E-state index contributed by atoms with van der Waals surface area (Å²) in [4.78, 5) is 39.7. The molecule has 0 unspecified atom stereocenters. The average Bonchev–Trinajstić information content (AvgIpc) is 2.68. The molecule has 0 atom stereocenters. The predicted molar refractivity (Wildman–Crippen MR) is 104 cm³/mol. The van der Waals surface area contributed by atoms with Crippen molar-refractivity contribution in [2.45, 2.75) is 13.5 Å². The summed E-state index contributed by atoms with van der Waals surface area (Å²) in [5, 5.41) is 16.0. The molecule has 0 saturated heterocycles. The summed E-state index contributed by atoms with van der Waals surface area (Å²) in [5.74, 6) is -1.13. The first-order chi connectivity index (χ1) is 13.5. The van der Waals surface area contributed by atoms with Gasteiger partial charge in [0, 0.05) is 37.8 Å². The van der Waals surface area contributed by atoms with E-state index in [1.165, 1.54) is 17.7 Å². The van der Waals surface area contributed by atoms with Crippen LogP contribution >= 0.6 is 0 Å². The molecule has 0 fully saturated rings. The summed E-state index contributed by atoms with van der Waals surface area (Å²) in [7, 11) is 0. The minimum Gasteiger partial charge on any atom is -0.505 e. The number of hydrogen-bond donors (Lipinski definition) is 3. The molecule has 2 amide bonds. The number of nitrogens with zero attached hydrogens (tertiary/aromatic N) is 2. The molecule has 8 nitrogen and oxygen atoms in total. The van der Waals surface area contributed by atoms with E-state index in [-0.39, 0.29) is 46.8 Å². The molecular weight excluding hydrogens is 360 g/mol. The average molecular weight is 380 g/mol. The number of hydrogen-bond acceptors (Lipinski definition) is 5. The molecule has 1 aromatic carbocycles. The lowest BCUT2D eigenvalue weighted by Gasteiger charge is -2.10. The normalized spacial score (nSPS) is 10.6. The van der Waals surface area contributed by atoms with Gasteiger partial charge in [-0.1, -0.05) is 30.3 Å². The van der Waals surface area contributed by atoms with E-state index in [1.807, 2.05) is 30.3 Å². The van der Waals surface area contributed by atoms with Crippen LogP contribution in [0.3, 0.4) is 0 Å². The monoisotopic (exact) mass is 380 g/mol. The molecule has 2 heterocycles. The minimum atomic E-state index is -0.585. The Kier molecular flexibility index (Phi) is 5.69. The number of amides is 2. The van der Waals surface area contributed by atoms with Crippen LogP contribution in [-0.2, 0) is 11.3 Å². The molecule has 0 aliphatic heterocycles. The number of carbonyl (C=O) groups excluding carboxylic acids is 2. The van der Waals surface area contributed by atoms with Crippen LogP contribution in [0.15, 0.2) is 53.6 Å². The molecule has 0 spiro atoms. The first kappa shape index (κ1) is 19.1. The summed E-state index contributed by atoms with van der Waals surface area (Å²) >= 11 is 0. The number of nitrogens with one attached hydrogen (secondary N) is 2. The molecule has 28 heavy (non-hydrogen) atoms. The number of pyridine rings is 2. The van der Waals surface area contributed by atoms with Gasteiger partial charge in [0.25, 0.3) is 11.5 Å². The van der Waals surface area contributed by atoms with Gasteiger partial charge in [-0.05, 0) is 11.6 Å². The van der Waals surface area contributed by atoms with E-state index in [0.717, 1.165) is 5.56 Å². The summed E-state index contributed by atoms with van der Waals surface area (Å²) in [6.45, 7) is 2.22. The predicted octanol–water partition coefficient (Wildman–Crippen LogP) is 1.02. The minimum absolute atomic E-state index is 0.171. The third-order valence-electron chi connectivity index (χ3n) is 4.20. The Hall–Kier alpha value is -3.68. The highest BCUT2D eigenvalue weighted by Gasteiger charge is 2.17. The molecule has 0 radical (unpaired) electrons. The zero-order valence-electron chi connectivity index (χ0n) is 15.3. The van der Waals surface area contributed by atoms with Gasteiger partial charge < -0.3 is 20.3 Å². The van der Waals surface area contributed by atoms with Crippen molar-refractivity contribution in [2.75, 3.05) is 13.1 Å². The van der Waals surface area contributed by atoms with Gasteiger partial charge in [-0.15, -0.1) is 0 Å². The van der Waals surface area contributed by atoms with E-state index in [4.69, 9.17) is 0 Å². The lowest BCUT2D eigenvalue weighted by atomic mass is 10.1. The third-order valence-corrected chi connectivity index (χ3v) is 4.20. The molecule has 3 N–H and O–H groups in total. The molecule has 0 saturated carbocycles. The Morgan fingerprint density at radius 1 is 1.07 bits per heavy atom. The van der Waals surface area contributed by atoms with Crippen molar-refractivity contribution in [1.82, 2.24) is 20.2 Å². The maximum Gasteiger partial charge on any atom is 0.273 e. The summed E-state index contributed by atoms with van der Waals surface area (Å²) in [5.41, 5.74) is 0.494. The number of carbonyl (C=O) groups is 2. The highest BCUT2D eigenvalue weighted by atomic mass is 16.3. The fraction of sp³-hybridized carbons (Fsp3) is 0.200. The molecule has 3 rings (SSSR count). The van der Waals surface area contributed by atoms with Gasteiger partial charge >= 0.3 is 0 Å². The lowest BCUT2D eigenvalue weighted by Crippen LogP contribution is -2.34. The van der Waals surface area contributed by atoms with Crippen LogP contribution in [0.4, 0.5) is 0 Å². The number of rotatable bonds is 6. The zero-order chi connectivity index (χ0) is 20.1. The summed E-state index contributed by atoms with van der Waals surface area (Å²) in [6.07, 6.45) is 2.87. The smallest absolute Gasteiger partial charge is 0.273 e. The van der Waals surface area contributed by atoms with Gasteiger partial charge in [0.05, 0.1) is 11.9 Å². The van der Waals surface area contributed by atoms with Gasteiger partial charge in [0.1, 0.15) is 0 Å². The fourth-order valence-corrected chi connectivity index (χ4v) is 2.81. The molecule has 3 aromatic rings. The molecule has 0 aliphatic carbocycles. The summed E-state index contributed by atoms with van der Waals surface area (Å²) < 4.78 is 1.52. The van der Waals surface area contributed by atoms with Crippen LogP contribution in [0.1, 0.15) is 23.0 Å². The molecule has 0 bridgehead atoms. The zero-order valence-corrected chi connectivity index (χ0v) is 15.3. The highest BCUT2D eigenvalue weighted by molar-refractivity contribution is 6.01. The van der Waals surface area contributed by atoms with Crippen molar-refractivity contribution < 1.29 is 14.7 Å². The van der Waals surface area contributed by atoms with Crippen molar-refractivity contribution in [1.29, 1.82) is 0 Å². The lowest BCUT2D eigenvalue weighted by molar-refractivity contribution is -0.118. The Morgan fingerprint density at radius 2 is 1.79 bits per heavy atom. The molecule has 8 heteroatoms. The van der Waals surface area contributed by atoms with Crippen LogP contribution in [0.5, 0.6) is 5.75 Å². The maximum absolute atomic E-state index is 12.7. The van der Waals surface area contributed by atoms with E-state index >= 15 is 0 Å². The van der Waals surface area contributed by atoms with Crippen molar-refractivity contribution in [3.63, 3.8) is 0 Å². The topological polar surface area (TPSA) is 113 Å². The van der Waals surface area contributed by atoms with Gasteiger partial charge in [0.15, 0.2) is 11.4 Å². The molecule has 2 aromatic heterocycles. The standard InChI is InChI=1S/C20H20N4O4/c1-13(25)21-8-9-22-19(27)17-18(26)15-7-10-24(20(28)16(15)11-23-17)12-14-5-3-2-4-6-14/h2-7,10-11,26H,8-9,12H2,1H3,(H,21,25)(H,22,27). The first-order valence-corrected chi connectivity index (χ1v) is 8.75. The number of aromatic nitrogens is 2. The molecular formula is C20H20N4O4. The fourth-order valence-electron chi connectivity index (χ4n) is 2.81. The van der Waals surface area contributed by atoms with E-state index in [2.05, 4.69) is 15.6 Å². The second kappa shape index (κ2) is 8.34. The van der Waals surface area contributed by atoms with Crippen LogP contribution in [-0.4, -0.2) is 39.6 Å². The van der Waals surface area contributed by atoms with E-state index in [1.54, 1.807) is 12.3 Å². The highest BCUT2D eigenvalue weighted by Crippen LogP contribution is 2.24. The van der Waals surface area contributed by atoms with Crippen LogP contribution in [0.25, 0.3) is 10.8 Å². The van der Waals surface area contributed by atoms with Crippen LogP contribution in [0, 0.1) is 0 Å². The summed E-state index contributed by atoms with van der Waals surface area (Å²) in [6, 6.07) is 11.1. The quantitative estimate of drug-likeness (QED) is 0.553. The van der Waals surface area contributed by atoms with Crippen molar-refractivity contribution >= 4 is 22.6 Å². The Balaban J connectivity index is 1.84. The van der Waals surface area contributed by atoms with Gasteiger partial charge in [-0.25, -0.2) is 4.98 Å². The van der Waals surface area contributed by atoms with Crippen molar-refractivity contribution in [2.24, 2.45) is 0 Å². The van der Waals surface area contributed by atoms with Crippen molar-refractivity contribution in [3.8, 4) is 5.75 Å². The van der Waals surface area contributed by atoms with Crippen LogP contribution in [0.2, 0.25) is 0 Å². The second-order valence-corrected chi connectivity index (χ2v) is 6.26. The van der Waals surface area contributed by atoms with E-state index in [0.29, 0.717) is 6.54 Å². The van der Waals surface area contributed by atoms with Crippen molar-refractivity contribution in [3.05, 3.63) is 70.4 Å². The second-order valence-electron chi connectivity index (χ2n) is 6.26. The number of fused-ring (bicyclic) bond motifs is 1. The Bertz CT molecular complexity index is 1080. The SMILES string of the molecule is CC(=O)NCCNC(=O)c1ncc2c(=O)n(Cc3ccccc3)ccc2c1O. The Labute approximate surface area is 160 Å². The first-order valence-electron chi connectivity index (χ1n) is 8.75. The number of aromatic hydroxyl groups is 1. The molecule has 144 valence electrons. The van der Waals surface area contributed by atoms with Gasteiger partial charge in [-0.3, -0.25) is 14.4 Å². The van der Waals surface area contributed by atoms with Gasteiger partial charge in [-0.2, -0.15) is 0 Å². The third kappa shape index (κ3) is 4.17. The van der Waals surface area contributed by atoms with Crippen LogP contribution < -0.4 is 16.2 Å². The van der Waals surface area contributed by atoms with Gasteiger partial charge in [0.2, 0.25) is 5.91 Å². The largest absolute Gasteiger partial charge is 0.505 e. The maximum atomic E-state index is 12.7. The number of benzene rings is 1. The van der Waals surface area contributed by atoms with E-state index < -0.39 is 5.91 Å². The molecule has 0 aliphatic rings. The Morgan fingerprint density at radius 3 is 2.50 bits per heavy atom. The van der Waals surface area contributed by atoms with E-state index in [9.17, 15) is 19.5 Å².